The molecule has 1 aromatic heterocycles. The number of rotatable bonds is 5. The molecule has 2 heterocycles. The minimum atomic E-state index is -0.304. The van der Waals surface area contributed by atoms with Gasteiger partial charge in [-0.1, -0.05) is 49.6 Å². The van der Waals surface area contributed by atoms with Gasteiger partial charge >= 0.3 is 0 Å². The summed E-state index contributed by atoms with van der Waals surface area (Å²) in [5.41, 5.74) is 3.98. The van der Waals surface area contributed by atoms with Gasteiger partial charge in [0.2, 0.25) is 0 Å². The molecule has 5 heteroatoms. The maximum absolute atomic E-state index is 10.5. The third kappa shape index (κ3) is 4.98. The summed E-state index contributed by atoms with van der Waals surface area (Å²) in [5.74, 6) is 0.641. The standard InChI is InChI=1S/C22H32N4O/c27-21-16-25(14-18-7-3-1-4-8-18)11-12-26(17-21)15-20-13-23-24-22(20)19-9-5-2-6-10-19/h1,3-4,7-8,13,19,21,27H,2,5-6,9-12,14-17H2,(H,23,24)/t21-/m1/s1. The number of benzene rings is 1. The molecule has 1 saturated heterocycles. The Bertz CT molecular complexity index is 695. The van der Waals surface area contributed by atoms with Crippen molar-refractivity contribution in [3.63, 3.8) is 0 Å². The molecule has 2 aromatic rings. The van der Waals surface area contributed by atoms with Crippen LogP contribution >= 0.6 is 0 Å². The summed E-state index contributed by atoms with van der Waals surface area (Å²) in [7, 11) is 0. The molecule has 1 aromatic carbocycles. The van der Waals surface area contributed by atoms with Crippen LogP contribution in [0.2, 0.25) is 0 Å². The average Bonchev–Trinajstić information content (AvgIpc) is 3.08. The van der Waals surface area contributed by atoms with E-state index in [1.54, 1.807) is 0 Å². The van der Waals surface area contributed by atoms with Crippen molar-refractivity contribution in [3.05, 3.63) is 53.3 Å². The predicted molar refractivity (Wildman–Crippen MR) is 107 cm³/mol. The highest BCUT2D eigenvalue weighted by Crippen LogP contribution is 2.33. The van der Waals surface area contributed by atoms with E-state index in [2.05, 4.69) is 50.3 Å². The van der Waals surface area contributed by atoms with E-state index in [0.29, 0.717) is 5.92 Å². The first-order chi connectivity index (χ1) is 13.3. The lowest BCUT2D eigenvalue weighted by Crippen LogP contribution is -2.33. The highest BCUT2D eigenvalue weighted by molar-refractivity contribution is 5.21. The van der Waals surface area contributed by atoms with Gasteiger partial charge in [-0.15, -0.1) is 0 Å². The normalized spacial score (nSPS) is 23.4. The number of aromatic nitrogens is 2. The van der Waals surface area contributed by atoms with Gasteiger partial charge in [-0.05, 0) is 18.4 Å². The number of hydrogen-bond acceptors (Lipinski definition) is 4. The Morgan fingerprint density at radius 2 is 1.67 bits per heavy atom. The molecule has 0 bridgehead atoms. The lowest BCUT2D eigenvalue weighted by molar-refractivity contribution is 0.106. The molecule has 1 aliphatic carbocycles. The van der Waals surface area contributed by atoms with Crippen molar-refractivity contribution in [2.24, 2.45) is 0 Å². The molecule has 146 valence electrons. The molecule has 2 N–H and O–H groups in total. The van der Waals surface area contributed by atoms with Crippen molar-refractivity contribution in [1.29, 1.82) is 0 Å². The molecule has 1 aliphatic heterocycles. The summed E-state index contributed by atoms with van der Waals surface area (Å²) in [5, 5.41) is 18.2. The van der Waals surface area contributed by atoms with Crippen LogP contribution in [0.4, 0.5) is 0 Å². The largest absolute Gasteiger partial charge is 0.390 e. The van der Waals surface area contributed by atoms with E-state index in [4.69, 9.17) is 0 Å². The van der Waals surface area contributed by atoms with Crippen molar-refractivity contribution >= 4 is 0 Å². The van der Waals surface area contributed by atoms with Crippen molar-refractivity contribution in [3.8, 4) is 0 Å². The number of aliphatic hydroxyl groups is 1. The third-order valence-corrected chi connectivity index (χ3v) is 6.08. The molecule has 2 fully saturated rings. The van der Waals surface area contributed by atoms with Gasteiger partial charge in [0.05, 0.1) is 12.3 Å². The number of aliphatic hydroxyl groups excluding tert-OH is 1. The van der Waals surface area contributed by atoms with Crippen LogP contribution in [-0.2, 0) is 13.1 Å². The quantitative estimate of drug-likeness (QED) is 0.851. The minimum Gasteiger partial charge on any atom is -0.390 e. The lowest BCUT2D eigenvalue weighted by Gasteiger charge is -2.25. The molecule has 4 rings (SSSR count). The van der Waals surface area contributed by atoms with E-state index < -0.39 is 0 Å². The van der Waals surface area contributed by atoms with E-state index in [-0.39, 0.29) is 6.10 Å². The van der Waals surface area contributed by atoms with Crippen molar-refractivity contribution < 1.29 is 5.11 Å². The van der Waals surface area contributed by atoms with Gasteiger partial charge in [-0.25, -0.2) is 0 Å². The van der Waals surface area contributed by atoms with Crippen LogP contribution in [0, 0.1) is 0 Å². The fourth-order valence-electron chi connectivity index (χ4n) is 4.68. The number of nitrogens with zero attached hydrogens (tertiary/aromatic N) is 3. The van der Waals surface area contributed by atoms with Crippen LogP contribution in [0.3, 0.4) is 0 Å². The molecule has 0 spiro atoms. The van der Waals surface area contributed by atoms with Gasteiger partial charge in [-0.2, -0.15) is 5.10 Å². The highest BCUT2D eigenvalue weighted by atomic mass is 16.3. The monoisotopic (exact) mass is 368 g/mol. The first-order valence-corrected chi connectivity index (χ1v) is 10.5. The number of β-amino-alcohol motifs (C(OH)–C–C–N with tert-alkyl or cyclic N) is 1. The second kappa shape index (κ2) is 9.00. The molecule has 0 radical (unpaired) electrons. The van der Waals surface area contributed by atoms with Crippen LogP contribution in [0.5, 0.6) is 0 Å². The van der Waals surface area contributed by atoms with Crippen molar-refractivity contribution in [1.82, 2.24) is 20.0 Å². The van der Waals surface area contributed by atoms with Gasteiger partial charge < -0.3 is 5.11 Å². The molecule has 1 saturated carbocycles. The molecular weight excluding hydrogens is 336 g/mol. The van der Waals surface area contributed by atoms with Crippen LogP contribution in [0.25, 0.3) is 0 Å². The van der Waals surface area contributed by atoms with E-state index in [1.165, 1.54) is 48.9 Å². The lowest BCUT2D eigenvalue weighted by atomic mass is 9.85. The Kier molecular flexibility index (Phi) is 6.22. The van der Waals surface area contributed by atoms with Gasteiger partial charge in [0.15, 0.2) is 0 Å². The molecule has 2 aliphatic rings. The topological polar surface area (TPSA) is 55.4 Å². The molecule has 1 atom stereocenters. The SMILES string of the molecule is O[C@@H]1CN(Cc2ccccc2)CCN(Cc2cn[nH]c2C2CCCCC2)C1. The summed E-state index contributed by atoms with van der Waals surface area (Å²) in [4.78, 5) is 4.77. The smallest absolute Gasteiger partial charge is 0.0794 e. The van der Waals surface area contributed by atoms with Gasteiger partial charge in [-0.3, -0.25) is 14.9 Å². The zero-order chi connectivity index (χ0) is 18.5. The van der Waals surface area contributed by atoms with Crippen molar-refractivity contribution in [2.45, 2.75) is 57.2 Å². The van der Waals surface area contributed by atoms with E-state index in [1.807, 2.05) is 6.20 Å². The second-order valence-electron chi connectivity index (χ2n) is 8.25. The average molecular weight is 369 g/mol. The van der Waals surface area contributed by atoms with Gasteiger partial charge in [0.25, 0.3) is 0 Å². The van der Waals surface area contributed by atoms with E-state index >= 15 is 0 Å². The summed E-state index contributed by atoms with van der Waals surface area (Å²) >= 11 is 0. The summed E-state index contributed by atoms with van der Waals surface area (Å²) in [6.45, 7) is 5.25. The summed E-state index contributed by atoms with van der Waals surface area (Å²) < 4.78 is 0. The van der Waals surface area contributed by atoms with E-state index in [0.717, 1.165) is 39.3 Å². The fraction of sp³-hybridized carbons (Fsp3) is 0.591. The number of aromatic amines is 1. The van der Waals surface area contributed by atoms with Gasteiger partial charge in [0, 0.05) is 56.4 Å². The second-order valence-corrected chi connectivity index (χ2v) is 8.25. The Balaban J connectivity index is 1.37. The fourth-order valence-corrected chi connectivity index (χ4v) is 4.68. The Labute approximate surface area is 162 Å². The first kappa shape index (κ1) is 18.7. The summed E-state index contributed by atoms with van der Waals surface area (Å²) in [6.07, 6.45) is 8.30. The maximum Gasteiger partial charge on any atom is 0.0794 e. The molecule has 0 amide bonds. The Morgan fingerprint density at radius 3 is 2.41 bits per heavy atom. The Hall–Kier alpha value is -1.69. The highest BCUT2D eigenvalue weighted by Gasteiger charge is 2.24. The Morgan fingerprint density at radius 1 is 0.963 bits per heavy atom. The van der Waals surface area contributed by atoms with Gasteiger partial charge in [0.1, 0.15) is 0 Å². The third-order valence-electron chi connectivity index (χ3n) is 6.08. The van der Waals surface area contributed by atoms with E-state index in [9.17, 15) is 5.11 Å². The van der Waals surface area contributed by atoms with Crippen LogP contribution in [-0.4, -0.2) is 57.4 Å². The molecular formula is C22H32N4O. The van der Waals surface area contributed by atoms with Crippen LogP contribution < -0.4 is 0 Å². The van der Waals surface area contributed by atoms with Crippen LogP contribution in [0.15, 0.2) is 36.5 Å². The maximum atomic E-state index is 10.5. The number of hydrogen-bond donors (Lipinski definition) is 2. The summed E-state index contributed by atoms with van der Waals surface area (Å²) in [6, 6.07) is 10.6. The zero-order valence-electron chi connectivity index (χ0n) is 16.2. The zero-order valence-corrected chi connectivity index (χ0v) is 16.2. The minimum absolute atomic E-state index is 0.304. The predicted octanol–water partition coefficient (Wildman–Crippen LogP) is 3.14. The van der Waals surface area contributed by atoms with Crippen LogP contribution in [0.1, 0.15) is 54.8 Å². The number of H-pyrrole nitrogens is 1. The molecule has 27 heavy (non-hydrogen) atoms. The number of nitrogens with one attached hydrogen (secondary N) is 1. The van der Waals surface area contributed by atoms with Crippen molar-refractivity contribution in [2.75, 3.05) is 26.2 Å². The molecule has 0 unspecified atom stereocenters. The molecule has 5 nitrogen and oxygen atoms in total. The first-order valence-electron chi connectivity index (χ1n) is 10.5.